The Balaban J connectivity index is 1.65. The number of furan rings is 1. The van der Waals surface area contributed by atoms with E-state index in [1.54, 1.807) is 46.2 Å². The van der Waals surface area contributed by atoms with Gasteiger partial charge in [-0.3, -0.25) is 13.9 Å². The number of hydrogen-bond donors (Lipinski definition) is 0. The predicted molar refractivity (Wildman–Crippen MR) is 105 cm³/mol. The maximum absolute atomic E-state index is 12.8. The van der Waals surface area contributed by atoms with E-state index in [0.717, 1.165) is 10.6 Å². The summed E-state index contributed by atoms with van der Waals surface area (Å²) in [5, 5.41) is 0. The zero-order valence-corrected chi connectivity index (χ0v) is 16.7. The lowest BCUT2D eigenvalue weighted by Crippen LogP contribution is -2.37. The first-order valence-electron chi connectivity index (χ1n) is 8.93. The molecule has 1 aliphatic heterocycles. The van der Waals surface area contributed by atoms with Gasteiger partial charge in [0.25, 0.3) is 11.8 Å². The minimum Gasteiger partial charge on any atom is -0.459 e. The van der Waals surface area contributed by atoms with Crippen LogP contribution in [0.3, 0.4) is 0 Å². The monoisotopic (exact) mass is 405 g/mol. The van der Waals surface area contributed by atoms with E-state index in [2.05, 4.69) is 0 Å². The Morgan fingerprint density at radius 1 is 0.964 bits per heavy atom. The molecule has 0 saturated carbocycles. The average Bonchev–Trinajstić information content (AvgIpc) is 3.10. The second-order valence-corrected chi connectivity index (χ2v) is 8.71. The molecule has 1 aliphatic rings. The van der Waals surface area contributed by atoms with Crippen molar-refractivity contribution in [1.82, 2.24) is 9.80 Å². The molecule has 1 saturated heterocycles. The van der Waals surface area contributed by atoms with Gasteiger partial charge in [-0.2, -0.15) is 0 Å². The second kappa shape index (κ2) is 8.05. The molecular weight excluding hydrogens is 382 g/mol. The third-order valence-corrected chi connectivity index (χ3v) is 5.98. The lowest BCUT2D eigenvalue weighted by molar-refractivity contribution is 0.0700. The third kappa shape index (κ3) is 4.36. The summed E-state index contributed by atoms with van der Waals surface area (Å²) >= 11 is 0. The van der Waals surface area contributed by atoms with Gasteiger partial charge in [0.15, 0.2) is 5.76 Å². The van der Waals surface area contributed by atoms with Gasteiger partial charge in [0.2, 0.25) is 10.0 Å². The maximum Gasteiger partial charge on any atom is 0.289 e. The first kappa shape index (κ1) is 19.9. The Hall–Kier alpha value is -2.81. The predicted octanol–water partition coefficient (Wildman–Crippen LogP) is 1.66. The molecule has 0 unspecified atom stereocenters. The quantitative estimate of drug-likeness (QED) is 0.772. The largest absolute Gasteiger partial charge is 0.459 e. The fourth-order valence-corrected chi connectivity index (χ4v) is 3.57. The summed E-state index contributed by atoms with van der Waals surface area (Å²) in [5.74, 6) is -0.0151. The highest BCUT2D eigenvalue weighted by molar-refractivity contribution is 7.92. The molecule has 1 aromatic carbocycles. The van der Waals surface area contributed by atoms with Gasteiger partial charge in [0.05, 0.1) is 18.2 Å². The Morgan fingerprint density at radius 2 is 1.57 bits per heavy atom. The molecule has 0 aliphatic carbocycles. The fraction of sp³-hybridized carbons (Fsp3) is 0.368. The molecule has 2 amide bonds. The van der Waals surface area contributed by atoms with Crippen molar-refractivity contribution in [3.05, 3.63) is 54.0 Å². The van der Waals surface area contributed by atoms with Crippen LogP contribution in [0.15, 0.2) is 47.1 Å². The van der Waals surface area contributed by atoms with E-state index in [-0.39, 0.29) is 11.8 Å². The van der Waals surface area contributed by atoms with Crippen molar-refractivity contribution >= 4 is 27.5 Å². The van der Waals surface area contributed by atoms with E-state index in [1.807, 2.05) is 0 Å². The maximum atomic E-state index is 12.8. The molecule has 0 bridgehead atoms. The number of hydrogen-bond acceptors (Lipinski definition) is 5. The first-order chi connectivity index (χ1) is 13.3. The number of nitrogens with zero attached hydrogens (tertiary/aromatic N) is 3. The van der Waals surface area contributed by atoms with Gasteiger partial charge in [-0.1, -0.05) is 0 Å². The van der Waals surface area contributed by atoms with E-state index >= 15 is 0 Å². The van der Waals surface area contributed by atoms with E-state index in [1.165, 1.54) is 13.3 Å². The van der Waals surface area contributed by atoms with E-state index in [4.69, 9.17) is 4.42 Å². The van der Waals surface area contributed by atoms with Crippen LogP contribution in [0.1, 0.15) is 27.3 Å². The molecule has 9 heteroatoms. The topological polar surface area (TPSA) is 91.1 Å². The van der Waals surface area contributed by atoms with E-state index in [9.17, 15) is 18.0 Å². The van der Waals surface area contributed by atoms with Gasteiger partial charge in [0.1, 0.15) is 0 Å². The van der Waals surface area contributed by atoms with Crippen molar-refractivity contribution in [3.8, 4) is 0 Å². The van der Waals surface area contributed by atoms with Gasteiger partial charge >= 0.3 is 0 Å². The summed E-state index contributed by atoms with van der Waals surface area (Å²) in [7, 11) is -1.89. The van der Waals surface area contributed by atoms with E-state index in [0.29, 0.717) is 49.6 Å². The van der Waals surface area contributed by atoms with Crippen molar-refractivity contribution in [3.63, 3.8) is 0 Å². The van der Waals surface area contributed by atoms with Gasteiger partial charge in [0, 0.05) is 38.8 Å². The molecule has 0 atom stereocenters. The summed E-state index contributed by atoms with van der Waals surface area (Å²) in [4.78, 5) is 28.6. The van der Waals surface area contributed by atoms with Gasteiger partial charge in [-0.25, -0.2) is 8.42 Å². The smallest absolute Gasteiger partial charge is 0.289 e. The molecule has 150 valence electrons. The zero-order valence-electron chi connectivity index (χ0n) is 15.9. The lowest BCUT2D eigenvalue weighted by atomic mass is 10.1. The van der Waals surface area contributed by atoms with Crippen molar-refractivity contribution in [1.29, 1.82) is 0 Å². The number of carbonyl (C=O) groups excluding carboxylic acids is 2. The standard InChI is InChI=1S/C19H23N3O5S/c1-20(28(2,25)26)16-8-6-15(7-9-16)18(23)21-10-4-11-22(13-12-21)19(24)17-5-3-14-27-17/h3,5-9,14H,4,10-13H2,1-2H3. The Labute approximate surface area is 164 Å². The van der Waals surface area contributed by atoms with Crippen LogP contribution in [0.2, 0.25) is 0 Å². The highest BCUT2D eigenvalue weighted by Gasteiger charge is 2.24. The van der Waals surface area contributed by atoms with Crippen LogP contribution in [0.5, 0.6) is 0 Å². The minimum atomic E-state index is -3.35. The molecule has 3 rings (SSSR count). The number of anilines is 1. The average molecular weight is 405 g/mol. The Morgan fingerprint density at radius 3 is 2.11 bits per heavy atom. The van der Waals surface area contributed by atoms with Crippen LogP contribution >= 0.6 is 0 Å². The van der Waals surface area contributed by atoms with Gasteiger partial charge in [-0.05, 0) is 42.8 Å². The first-order valence-corrected chi connectivity index (χ1v) is 10.8. The number of carbonyl (C=O) groups is 2. The number of benzene rings is 1. The van der Waals surface area contributed by atoms with Crippen LogP contribution in [0.25, 0.3) is 0 Å². The molecule has 2 heterocycles. The second-order valence-electron chi connectivity index (χ2n) is 6.69. The van der Waals surface area contributed by atoms with Crippen LogP contribution in [-0.4, -0.2) is 69.5 Å². The van der Waals surface area contributed by atoms with Crippen molar-refractivity contribution in [2.45, 2.75) is 6.42 Å². The normalized spacial score (nSPS) is 15.2. The molecule has 28 heavy (non-hydrogen) atoms. The molecule has 0 N–H and O–H groups in total. The van der Waals surface area contributed by atoms with Crippen molar-refractivity contribution < 1.29 is 22.4 Å². The molecule has 2 aromatic rings. The van der Waals surface area contributed by atoms with Crippen LogP contribution in [0.4, 0.5) is 5.69 Å². The lowest BCUT2D eigenvalue weighted by Gasteiger charge is -2.22. The van der Waals surface area contributed by atoms with Crippen LogP contribution in [-0.2, 0) is 10.0 Å². The number of sulfonamides is 1. The summed E-state index contributed by atoms with van der Waals surface area (Å²) in [6.07, 6.45) is 3.26. The Bertz CT molecular complexity index is 938. The zero-order chi connectivity index (χ0) is 20.3. The van der Waals surface area contributed by atoms with Crippen LogP contribution in [0, 0.1) is 0 Å². The molecule has 0 radical (unpaired) electrons. The SMILES string of the molecule is CN(c1ccc(C(=O)N2CCCN(C(=O)c3ccco3)CC2)cc1)S(C)(=O)=O. The van der Waals surface area contributed by atoms with E-state index < -0.39 is 10.0 Å². The van der Waals surface area contributed by atoms with Gasteiger partial charge in [-0.15, -0.1) is 0 Å². The highest BCUT2D eigenvalue weighted by atomic mass is 32.2. The van der Waals surface area contributed by atoms with Crippen molar-refractivity contribution in [2.24, 2.45) is 0 Å². The molecular formula is C19H23N3O5S. The van der Waals surface area contributed by atoms with Crippen LogP contribution < -0.4 is 4.31 Å². The third-order valence-electron chi connectivity index (χ3n) is 4.78. The molecule has 1 fully saturated rings. The molecule has 8 nitrogen and oxygen atoms in total. The summed E-state index contributed by atoms with van der Waals surface area (Å²) in [6, 6.07) is 9.76. The number of rotatable bonds is 4. The minimum absolute atomic E-state index is 0.138. The Kier molecular flexibility index (Phi) is 5.73. The summed E-state index contributed by atoms with van der Waals surface area (Å²) < 4.78 is 29.6. The van der Waals surface area contributed by atoms with Crippen molar-refractivity contribution in [2.75, 3.05) is 43.8 Å². The molecule has 1 aromatic heterocycles. The molecule has 0 spiro atoms. The fourth-order valence-electron chi connectivity index (χ4n) is 3.07. The summed E-state index contributed by atoms with van der Waals surface area (Å²) in [6.45, 7) is 1.96. The number of amides is 2. The summed E-state index contributed by atoms with van der Waals surface area (Å²) in [5.41, 5.74) is 0.974. The highest BCUT2D eigenvalue weighted by Crippen LogP contribution is 2.18. The van der Waals surface area contributed by atoms with Gasteiger partial charge < -0.3 is 14.2 Å².